The molecule has 7 nitrogen and oxygen atoms in total. The molecule has 0 amide bonds. The van der Waals surface area contributed by atoms with Crippen molar-refractivity contribution in [1.82, 2.24) is 29.5 Å². The van der Waals surface area contributed by atoms with Crippen LogP contribution >= 0.6 is 11.6 Å². The van der Waals surface area contributed by atoms with Crippen LogP contribution in [0, 0.1) is 0 Å². The number of rotatable bonds is 3. The molecule has 0 N–H and O–H groups in total. The summed E-state index contributed by atoms with van der Waals surface area (Å²) < 4.78 is 9.66. The van der Waals surface area contributed by atoms with Crippen molar-refractivity contribution in [2.24, 2.45) is 0 Å². The summed E-state index contributed by atoms with van der Waals surface area (Å²) in [5.41, 5.74) is 2.47. The third-order valence-corrected chi connectivity index (χ3v) is 4.97. The molecule has 3 aromatic heterocycles. The Morgan fingerprint density at radius 2 is 2.15 bits per heavy atom. The van der Waals surface area contributed by atoms with Gasteiger partial charge < -0.3 is 4.74 Å². The number of fused-ring (bicyclic) bond motifs is 1. The molecule has 1 atom stereocenters. The molecule has 136 valence electrons. The Kier molecular flexibility index (Phi) is 4.10. The molecule has 0 bridgehead atoms. The third-order valence-electron chi connectivity index (χ3n) is 4.75. The fraction of sp³-hybridized carbons (Fsp3) is 0.263. The minimum absolute atomic E-state index is 0.0432. The predicted octanol–water partition coefficient (Wildman–Crippen LogP) is 4.03. The smallest absolute Gasteiger partial charge is 0.166 e. The average Bonchev–Trinajstić information content (AvgIpc) is 3.35. The minimum atomic E-state index is -0.0432. The van der Waals surface area contributed by atoms with E-state index in [4.69, 9.17) is 16.3 Å². The van der Waals surface area contributed by atoms with Crippen molar-refractivity contribution >= 4 is 22.6 Å². The predicted molar refractivity (Wildman–Crippen MR) is 102 cm³/mol. The molecule has 0 aliphatic carbocycles. The van der Waals surface area contributed by atoms with Crippen molar-refractivity contribution < 1.29 is 4.74 Å². The number of pyridine rings is 1. The van der Waals surface area contributed by atoms with E-state index < -0.39 is 0 Å². The van der Waals surface area contributed by atoms with E-state index in [0.29, 0.717) is 5.02 Å². The van der Waals surface area contributed by atoms with E-state index in [9.17, 15) is 0 Å². The average molecular weight is 381 g/mol. The Bertz CT molecular complexity index is 1100. The second-order valence-corrected chi connectivity index (χ2v) is 6.99. The van der Waals surface area contributed by atoms with Gasteiger partial charge in [0.1, 0.15) is 12.6 Å². The topological polar surface area (TPSA) is 70.7 Å². The highest BCUT2D eigenvalue weighted by Crippen LogP contribution is 2.30. The van der Waals surface area contributed by atoms with Crippen LogP contribution in [-0.4, -0.2) is 36.1 Å². The molecular formula is C19H17ClN6O. The standard InChI is InChI=1S/C19H17ClN6O/c20-15-8-14(19-24-22-12-25(19)17-5-1-2-7-27-17)9-16(10-15)26-18-13(11-23-26)4-3-6-21-18/h3-4,6,8-12,17H,1-2,5,7H2. The van der Waals surface area contributed by atoms with Crippen LogP contribution in [0.15, 0.2) is 49.1 Å². The summed E-state index contributed by atoms with van der Waals surface area (Å²) in [4.78, 5) is 4.43. The van der Waals surface area contributed by atoms with Gasteiger partial charge in [-0.05, 0) is 49.6 Å². The Balaban J connectivity index is 1.60. The lowest BCUT2D eigenvalue weighted by atomic mass is 10.1. The highest BCUT2D eigenvalue weighted by atomic mass is 35.5. The van der Waals surface area contributed by atoms with Crippen molar-refractivity contribution in [3.05, 3.63) is 54.1 Å². The van der Waals surface area contributed by atoms with Gasteiger partial charge >= 0.3 is 0 Å². The molecule has 5 rings (SSSR count). The molecule has 8 heteroatoms. The molecule has 1 unspecified atom stereocenters. The fourth-order valence-electron chi connectivity index (χ4n) is 3.48. The highest BCUT2D eigenvalue weighted by Gasteiger charge is 2.21. The maximum absolute atomic E-state index is 6.42. The maximum atomic E-state index is 6.42. The minimum Gasteiger partial charge on any atom is -0.358 e. The van der Waals surface area contributed by atoms with Crippen LogP contribution < -0.4 is 0 Å². The van der Waals surface area contributed by atoms with Gasteiger partial charge in [0.05, 0.1) is 11.9 Å². The lowest BCUT2D eigenvalue weighted by Gasteiger charge is -2.24. The van der Waals surface area contributed by atoms with E-state index in [2.05, 4.69) is 20.3 Å². The van der Waals surface area contributed by atoms with Crippen LogP contribution in [0.1, 0.15) is 25.5 Å². The number of hydrogen-bond acceptors (Lipinski definition) is 5. The van der Waals surface area contributed by atoms with Gasteiger partial charge in [0, 0.05) is 28.8 Å². The summed E-state index contributed by atoms with van der Waals surface area (Å²) in [6.07, 6.45) is 8.40. The molecule has 1 saturated heterocycles. The van der Waals surface area contributed by atoms with E-state index in [1.807, 2.05) is 34.9 Å². The van der Waals surface area contributed by atoms with Crippen molar-refractivity contribution in [1.29, 1.82) is 0 Å². The van der Waals surface area contributed by atoms with Crippen molar-refractivity contribution in [2.45, 2.75) is 25.5 Å². The summed E-state index contributed by atoms with van der Waals surface area (Å²) in [7, 11) is 0. The Morgan fingerprint density at radius 1 is 1.19 bits per heavy atom. The van der Waals surface area contributed by atoms with Crippen molar-refractivity contribution in [3.63, 3.8) is 0 Å². The summed E-state index contributed by atoms with van der Waals surface area (Å²) in [5, 5.41) is 14.5. The van der Waals surface area contributed by atoms with E-state index in [1.165, 1.54) is 0 Å². The first-order chi connectivity index (χ1) is 13.3. The number of hydrogen-bond donors (Lipinski definition) is 0. The summed E-state index contributed by atoms with van der Waals surface area (Å²) in [6, 6.07) is 9.62. The molecule has 0 radical (unpaired) electrons. The third kappa shape index (κ3) is 2.98. The first-order valence-electron chi connectivity index (χ1n) is 8.91. The summed E-state index contributed by atoms with van der Waals surface area (Å²) >= 11 is 6.42. The van der Waals surface area contributed by atoms with E-state index in [-0.39, 0.29) is 6.23 Å². The SMILES string of the molecule is Clc1cc(-c2nncn2C2CCCCO2)cc(-n2ncc3cccnc32)c1. The molecule has 1 aliphatic heterocycles. The van der Waals surface area contributed by atoms with Crippen LogP contribution in [0.3, 0.4) is 0 Å². The lowest BCUT2D eigenvalue weighted by molar-refractivity contribution is -0.0311. The van der Waals surface area contributed by atoms with Crippen molar-refractivity contribution in [3.8, 4) is 17.1 Å². The molecule has 1 fully saturated rings. The van der Waals surface area contributed by atoms with Gasteiger partial charge in [0.15, 0.2) is 11.5 Å². The van der Waals surface area contributed by atoms with Crippen molar-refractivity contribution in [2.75, 3.05) is 6.61 Å². The Hall–Kier alpha value is -2.77. The van der Waals surface area contributed by atoms with Crippen LogP contribution in [0.25, 0.3) is 28.1 Å². The lowest BCUT2D eigenvalue weighted by Crippen LogP contribution is -2.18. The zero-order valence-corrected chi connectivity index (χ0v) is 15.3. The van der Waals surface area contributed by atoms with Gasteiger partial charge in [0.25, 0.3) is 0 Å². The molecule has 1 aromatic carbocycles. The zero-order chi connectivity index (χ0) is 18.2. The molecule has 4 heterocycles. The van der Waals surface area contributed by atoms with Gasteiger partial charge in [-0.2, -0.15) is 5.10 Å². The molecular weight excluding hydrogens is 364 g/mol. The molecule has 4 aromatic rings. The van der Waals surface area contributed by atoms with E-state index in [0.717, 1.165) is 54.0 Å². The Labute approximate surface area is 160 Å². The number of benzene rings is 1. The second kappa shape index (κ2) is 6.75. The van der Waals surface area contributed by atoms with Crippen LogP contribution in [0.2, 0.25) is 5.02 Å². The van der Waals surface area contributed by atoms with Gasteiger partial charge in [-0.3, -0.25) is 4.57 Å². The largest absolute Gasteiger partial charge is 0.358 e. The monoisotopic (exact) mass is 380 g/mol. The fourth-order valence-corrected chi connectivity index (χ4v) is 3.71. The first kappa shape index (κ1) is 16.4. The number of ether oxygens (including phenoxy) is 1. The van der Waals surface area contributed by atoms with Gasteiger partial charge in [-0.15, -0.1) is 10.2 Å². The Morgan fingerprint density at radius 3 is 3.04 bits per heavy atom. The van der Waals surface area contributed by atoms with Gasteiger partial charge in [-0.1, -0.05) is 11.6 Å². The maximum Gasteiger partial charge on any atom is 0.166 e. The second-order valence-electron chi connectivity index (χ2n) is 6.55. The van der Waals surface area contributed by atoms with Gasteiger partial charge in [0.2, 0.25) is 0 Å². The normalized spacial score (nSPS) is 17.4. The number of halogens is 1. The molecule has 0 saturated carbocycles. The first-order valence-corrected chi connectivity index (χ1v) is 9.28. The highest BCUT2D eigenvalue weighted by molar-refractivity contribution is 6.31. The number of nitrogens with zero attached hydrogens (tertiary/aromatic N) is 6. The summed E-state index contributed by atoms with van der Waals surface area (Å²) in [5.74, 6) is 0.732. The van der Waals surface area contributed by atoms with E-state index in [1.54, 1.807) is 23.4 Å². The van der Waals surface area contributed by atoms with Crippen LogP contribution in [0.4, 0.5) is 0 Å². The van der Waals surface area contributed by atoms with Gasteiger partial charge in [-0.25, -0.2) is 9.67 Å². The van der Waals surface area contributed by atoms with Crippen LogP contribution in [-0.2, 0) is 4.74 Å². The molecule has 1 aliphatic rings. The zero-order valence-electron chi connectivity index (χ0n) is 14.5. The van der Waals surface area contributed by atoms with E-state index >= 15 is 0 Å². The number of aromatic nitrogens is 6. The quantitative estimate of drug-likeness (QED) is 0.536. The summed E-state index contributed by atoms with van der Waals surface area (Å²) in [6.45, 7) is 0.758. The van der Waals surface area contributed by atoms with Crippen LogP contribution in [0.5, 0.6) is 0 Å². The molecule has 0 spiro atoms. The molecule has 27 heavy (non-hydrogen) atoms.